The van der Waals surface area contributed by atoms with E-state index < -0.39 is 0 Å². The lowest BCUT2D eigenvalue weighted by Gasteiger charge is -2.16. The molecule has 0 aliphatic rings. The maximum Gasteiger partial charge on any atom is 0.228 e. The van der Waals surface area contributed by atoms with Gasteiger partial charge in [0.05, 0.1) is 6.42 Å². The van der Waals surface area contributed by atoms with Gasteiger partial charge in [-0.05, 0) is 41.7 Å². The molecule has 22 heavy (non-hydrogen) atoms. The lowest BCUT2D eigenvalue weighted by Crippen LogP contribution is -2.17. The minimum atomic E-state index is -0.0835. The van der Waals surface area contributed by atoms with E-state index in [0.717, 1.165) is 35.2 Å². The quantitative estimate of drug-likeness (QED) is 0.789. The number of carbonyl (C=O) groups is 1. The van der Waals surface area contributed by atoms with Gasteiger partial charge < -0.3 is 5.32 Å². The van der Waals surface area contributed by atoms with Crippen LogP contribution in [0.5, 0.6) is 0 Å². The average molecular weight is 336 g/mol. The SMILES string of the molecule is CCc1ccc(Cl)c(CC)c1NC(=O)Cc1ccccc1Cl. The topological polar surface area (TPSA) is 29.1 Å². The second-order valence-corrected chi connectivity index (χ2v) is 5.90. The van der Waals surface area contributed by atoms with Crippen LogP contribution in [0.4, 0.5) is 5.69 Å². The van der Waals surface area contributed by atoms with E-state index in [0.29, 0.717) is 10.0 Å². The molecule has 0 aromatic heterocycles. The number of carbonyl (C=O) groups excluding carboxylic acids is 1. The van der Waals surface area contributed by atoms with Crippen molar-refractivity contribution in [2.45, 2.75) is 33.1 Å². The van der Waals surface area contributed by atoms with E-state index in [2.05, 4.69) is 12.2 Å². The molecule has 4 heteroatoms. The predicted octanol–water partition coefficient (Wildman–Crippen LogP) is 5.30. The van der Waals surface area contributed by atoms with E-state index in [1.807, 2.05) is 37.3 Å². The smallest absolute Gasteiger partial charge is 0.228 e. The molecule has 0 aliphatic carbocycles. The summed E-state index contributed by atoms with van der Waals surface area (Å²) in [5, 5.41) is 4.31. The van der Waals surface area contributed by atoms with Gasteiger partial charge in [-0.3, -0.25) is 4.79 Å². The zero-order valence-electron chi connectivity index (χ0n) is 12.7. The second-order valence-electron chi connectivity index (χ2n) is 5.08. The Morgan fingerprint density at radius 3 is 2.32 bits per heavy atom. The van der Waals surface area contributed by atoms with Gasteiger partial charge in [0.15, 0.2) is 0 Å². The van der Waals surface area contributed by atoms with Crippen molar-refractivity contribution >= 4 is 34.8 Å². The minimum absolute atomic E-state index is 0.0835. The van der Waals surface area contributed by atoms with Crippen LogP contribution in [-0.2, 0) is 24.1 Å². The summed E-state index contributed by atoms with van der Waals surface area (Å²) in [6.07, 6.45) is 1.86. The number of aryl methyl sites for hydroxylation is 1. The Balaban J connectivity index is 2.25. The number of nitrogens with one attached hydrogen (secondary N) is 1. The van der Waals surface area contributed by atoms with Gasteiger partial charge in [-0.2, -0.15) is 0 Å². The summed E-state index contributed by atoms with van der Waals surface area (Å²) >= 11 is 12.4. The Kier molecular flexibility index (Phi) is 5.87. The van der Waals surface area contributed by atoms with Crippen molar-refractivity contribution in [3.8, 4) is 0 Å². The highest BCUT2D eigenvalue weighted by Gasteiger charge is 2.14. The molecule has 0 unspecified atom stereocenters. The number of hydrogen-bond acceptors (Lipinski definition) is 1. The van der Waals surface area contributed by atoms with Crippen LogP contribution in [0.3, 0.4) is 0 Å². The van der Waals surface area contributed by atoms with Gasteiger partial charge >= 0.3 is 0 Å². The minimum Gasteiger partial charge on any atom is -0.325 e. The van der Waals surface area contributed by atoms with Crippen molar-refractivity contribution in [1.29, 1.82) is 0 Å². The van der Waals surface area contributed by atoms with E-state index in [1.54, 1.807) is 6.07 Å². The molecule has 1 N–H and O–H groups in total. The highest BCUT2D eigenvalue weighted by atomic mass is 35.5. The molecule has 0 heterocycles. The van der Waals surface area contributed by atoms with E-state index in [1.165, 1.54) is 0 Å². The van der Waals surface area contributed by atoms with Crippen LogP contribution in [0.2, 0.25) is 10.0 Å². The van der Waals surface area contributed by atoms with Gasteiger partial charge in [-0.1, -0.05) is 61.3 Å². The van der Waals surface area contributed by atoms with Crippen molar-refractivity contribution in [3.05, 3.63) is 63.1 Å². The van der Waals surface area contributed by atoms with Gasteiger partial charge in [-0.25, -0.2) is 0 Å². The highest BCUT2D eigenvalue weighted by molar-refractivity contribution is 6.32. The van der Waals surface area contributed by atoms with Crippen LogP contribution >= 0.6 is 23.2 Å². The second kappa shape index (κ2) is 7.66. The summed E-state index contributed by atoms with van der Waals surface area (Å²) in [5.41, 5.74) is 3.73. The first-order valence-electron chi connectivity index (χ1n) is 7.40. The molecule has 0 radical (unpaired) electrons. The normalized spacial score (nSPS) is 10.5. The van der Waals surface area contributed by atoms with Crippen molar-refractivity contribution < 1.29 is 4.79 Å². The third-order valence-corrected chi connectivity index (χ3v) is 4.37. The zero-order chi connectivity index (χ0) is 16.1. The first kappa shape index (κ1) is 16.9. The monoisotopic (exact) mass is 335 g/mol. The summed E-state index contributed by atoms with van der Waals surface area (Å²) in [6, 6.07) is 11.2. The first-order valence-corrected chi connectivity index (χ1v) is 8.15. The van der Waals surface area contributed by atoms with Gasteiger partial charge in [0, 0.05) is 15.7 Å². The Morgan fingerprint density at radius 2 is 1.68 bits per heavy atom. The molecular weight excluding hydrogens is 317 g/mol. The summed E-state index contributed by atoms with van der Waals surface area (Å²) < 4.78 is 0. The maximum absolute atomic E-state index is 12.4. The van der Waals surface area contributed by atoms with Crippen molar-refractivity contribution in [2.75, 3.05) is 5.32 Å². The Morgan fingerprint density at radius 1 is 0.955 bits per heavy atom. The third kappa shape index (κ3) is 3.82. The number of benzene rings is 2. The summed E-state index contributed by atoms with van der Waals surface area (Å²) in [5.74, 6) is -0.0835. The lowest BCUT2D eigenvalue weighted by atomic mass is 10.0. The molecule has 2 aromatic rings. The summed E-state index contributed by atoms with van der Waals surface area (Å²) in [4.78, 5) is 12.4. The molecule has 0 saturated carbocycles. The molecular formula is C18H19Cl2NO. The van der Waals surface area contributed by atoms with Gasteiger partial charge in [0.1, 0.15) is 0 Å². The number of anilines is 1. The molecule has 0 spiro atoms. The van der Waals surface area contributed by atoms with Crippen molar-refractivity contribution in [3.63, 3.8) is 0 Å². The van der Waals surface area contributed by atoms with Crippen LogP contribution in [-0.4, -0.2) is 5.91 Å². The molecule has 2 nitrogen and oxygen atoms in total. The highest BCUT2D eigenvalue weighted by Crippen LogP contribution is 2.29. The van der Waals surface area contributed by atoms with E-state index in [9.17, 15) is 4.79 Å². The van der Waals surface area contributed by atoms with E-state index in [-0.39, 0.29) is 12.3 Å². The van der Waals surface area contributed by atoms with E-state index >= 15 is 0 Å². The first-order chi connectivity index (χ1) is 10.6. The fourth-order valence-electron chi connectivity index (χ4n) is 2.47. The Bertz CT molecular complexity index is 683. The van der Waals surface area contributed by atoms with Crippen molar-refractivity contribution in [1.82, 2.24) is 0 Å². The molecule has 0 fully saturated rings. The predicted molar refractivity (Wildman–Crippen MR) is 94.0 cm³/mol. The number of halogens is 2. The Hall–Kier alpha value is -1.51. The van der Waals surface area contributed by atoms with Crippen LogP contribution in [0, 0.1) is 0 Å². The van der Waals surface area contributed by atoms with Gasteiger partial charge in [-0.15, -0.1) is 0 Å². The van der Waals surface area contributed by atoms with Crippen LogP contribution in [0.25, 0.3) is 0 Å². The number of amides is 1. The maximum atomic E-state index is 12.4. The van der Waals surface area contributed by atoms with E-state index in [4.69, 9.17) is 23.2 Å². The Labute approximate surface area is 141 Å². The number of rotatable bonds is 5. The van der Waals surface area contributed by atoms with Gasteiger partial charge in [0.25, 0.3) is 0 Å². The molecule has 2 rings (SSSR count). The fraction of sp³-hybridized carbons (Fsp3) is 0.278. The third-order valence-electron chi connectivity index (χ3n) is 3.65. The molecule has 0 aliphatic heterocycles. The summed E-state index contributed by atoms with van der Waals surface area (Å²) in [6.45, 7) is 4.09. The number of hydrogen-bond donors (Lipinski definition) is 1. The molecule has 0 atom stereocenters. The standard InChI is InChI=1S/C18H19Cl2NO/c1-3-12-9-10-16(20)14(4-2)18(12)21-17(22)11-13-7-5-6-8-15(13)19/h5-10H,3-4,11H2,1-2H3,(H,21,22). The lowest BCUT2D eigenvalue weighted by molar-refractivity contribution is -0.115. The van der Waals surface area contributed by atoms with Crippen LogP contribution < -0.4 is 5.32 Å². The average Bonchev–Trinajstić information content (AvgIpc) is 2.50. The molecule has 0 saturated heterocycles. The zero-order valence-corrected chi connectivity index (χ0v) is 14.3. The van der Waals surface area contributed by atoms with Crippen LogP contribution in [0.1, 0.15) is 30.5 Å². The molecule has 116 valence electrons. The largest absolute Gasteiger partial charge is 0.325 e. The molecule has 2 aromatic carbocycles. The van der Waals surface area contributed by atoms with Crippen molar-refractivity contribution in [2.24, 2.45) is 0 Å². The molecule has 0 bridgehead atoms. The van der Waals surface area contributed by atoms with Gasteiger partial charge in [0.2, 0.25) is 5.91 Å². The summed E-state index contributed by atoms with van der Waals surface area (Å²) in [7, 11) is 0. The van der Waals surface area contributed by atoms with Crippen LogP contribution in [0.15, 0.2) is 36.4 Å². The molecule has 1 amide bonds. The fourth-order valence-corrected chi connectivity index (χ4v) is 2.96.